The zero-order valence-corrected chi connectivity index (χ0v) is 20.2. The van der Waals surface area contributed by atoms with E-state index in [1.165, 1.54) is 28.1 Å². The summed E-state index contributed by atoms with van der Waals surface area (Å²) in [6, 6.07) is 13.8. The van der Waals surface area contributed by atoms with Crippen molar-refractivity contribution >= 4 is 26.8 Å². The van der Waals surface area contributed by atoms with Crippen LogP contribution in [-0.2, 0) is 16.4 Å². The van der Waals surface area contributed by atoms with E-state index in [9.17, 15) is 18.0 Å². The van der Waals surface area contributed by atoms with Crippen molar-refractivity contribution in [1.29, 1.82) is 0 Å². The molecule has 3 rings (SSSR count). The average molecular weight is 470 g/mol. The number of aryl methyl sites for hydroxylation is 1. The average Bonchev–Trinajstić information content (AvgIpc) is 2.79. The predicted octanol–water partition coefficient (Wildman–Crippen LogP) is 3.62. The second-order valence-electron chi connectivity index (χ2n) is 8.10. The number of nitrogens with one attached hydrogen (secondary N) is 2. The Labute approximate surface area is 194 Å². The van der Waals surface area contributed by atoms with Gasteiger partial charge >= 0.3 is 0 Å². The third-order valence-corrected chi connectivity index (χ3v) is 7.60. The lowest BCUT2D eigenvalue weighted by atomic mass is 10.1. The van der Waals surface area contributed by atoms with Crippen molar-refractivity contribution < 1.29 is 13.2 Å². The predicted molar refractivity (Wildman–Crippen MR) is 131 cm³/mol. The largest absolute Gasteiger partial charge is 0.352 e. The highest BCUT2D eigenvalue weighted by atomic mass is 32.2. The molecule has 1 heterocycles. The summed E-state index contributed by atoms with van der Waals surface area (Å²) in [5, 5.41) is 3.25. The van der Waals surface area contributed by atoms with Crippen LogP contribution in [0.3, 0.4) is 0 Å². The maximum absolute atomic E-state index is 13.2. The Bertz CT molecular complexity index is 1280. The molecule has 0 aliphatic carbocycles. The summed E-state index contributed by atoms with van der Waals surface area (Å²) in [5.74, 6) is -0.411. The molecule has 0 bridgehead atoms. The summed E-state index contributed by atoms with van der Waals surface area (Å²) in [4.78, 5) is 27.8. The number of aromatic amines is 1. The molecule has 1 amide bonds. The van der Waals surface area contributed by atoms with Crippen molar-refractivity contribution in [2.75, 3.05) is 19.6 Å². The highest BCUT2D eigenvalue weighted by Crippen LogP contribution is 2.23. The number of unbranched alkanes of at least 4 members (excludes halogenated alkanes) is 1. The summed E-state index contributed by atoms with van der Waals surface area (Å²) in [7, 11) is -3.71. The van der Waals surface area contributed by atoms with Gasteiger partial charge in [0.05, 0.1) is 10.5 Å². The van der Waals surface area contributed by atoms with E-state index in [-0.39, 0.29) is 10.5 Å². The lowest BCUT2D eigenvalue weighted by molar-refractivity contribution is 0.0955. The van der Waals surface area contributed by atoms with Gasteiger partial charge in [-0.25, -0.2) is 8.42 Å². The molecule has 33 heavy (non-hydrogen) atoms. The molecule has 0 saturated carbocycles. The Hall–Kier alpha value is -2.97. The molecule has 0 fully saturated rings. The van der Waals surface area contributed by atoms with E-state index in [2.05, 4.69) is 10.3 Å². The summed E-state index contributed by atoms with van der Waals surface area (Å²) in [5.41, 5.74) is 2.42. The van der Waals surface area contributed by atoms with Crippen molar-refractivity contribution in [2.45, 2.75) is 44.9 Å². The number of nitrogens with zero attached hydrogens (tertiary/aromatic N) is 1. The molecular weight excluding hydrogens is 438 g/mol. The van der Waals surface area contributed by atoms with Crippen molar-refractivity contribution in [1.82, 2.24) is 14.6 Å². The molecule has 2 aromatic carbocycles. The van der Waals surface area contributed by atoms with Crippen LogP contribution in [0.25, 0.3) is 10.9 Å². The maximum atomic E-state index is 13.2. The standard InChI is InChI=1S/C25H31N3O4S/c1-4-6-15-28(5-2)33(31,32)20-11-12-23-21(16-20)22(17-24(29)27-23)25(30)26-14-13-19-9-7-18(3)8-10-19/h7-12,16-17H,4-6,13-15H2,1-3H3,(H,26,30)(H,27,29). The Morgan fingerprint density at radius 2 is 1.79 bits per heavy atom. The van der Waals surface area contributed by atoms with Gasteiger partial charge in [-0.1, -0.05) is 50.1 Å². The van der Waals surface area contributed by atoms with E-state index in [0.29, 0.717) is 37.0 Å². The number of amides is 1. The molecular formula is C25H31N3O4S. The van der Waals surface area contributed by atoms with Crippen LogP contribution in [0.1, 0.15) is 48.2 Å². The first-order valence-corrected chi connectivity index (χ1v) is 12.7. The van der Waals surface area contributed by atoms with Crippen LogP contribution in [-0.4, -0.2) is 43.2 Å². The van der Waals surface area contributed by atoms with E-state index in [1.54, 1.807) is 13.0 Å². The molecule has 0 saturated heterocycles. The molecule has 7 nitrogen and oxygen atoms in total. The van der Waals surface area contributed by atoms with Crippen molar-refractivity contribution in [3.05, 3.63) is 75.6 Å². The fourth-order valence-electron chi connectivity index (χ4n) is 3.68. The second-order valence-corrected chi connectivity index (χ2v) is 10.0. The normalized spacial score (nSPS) is 11.8. The van der Waals surface area contributed by atoms with Crippen LogP contribution in [0.5, 0.6) is 0 Å². The van der Waals surface area contributed by atoms with Crippen LogP contribution in [0, 0.1) is 6.92 Å². The van der Waals surface area contributed by atoms with E-state index in [1.807, 2.05) is 38.1 Å². The zero-order chi connectivity index (χ0) is 24.0. The molecule has 0 unspecified atom stereocenters. The van der Waals surface area contributed by atoms with Crippen LogP contribution in [0.15, 0.2) is 58.2 Å². The van der Waals surface area contributed by atoms with E-state index in [4.69, 9.17) is 0 Å². The SMILES string of the molecule is CCCCN(CC)S(=O)(=O)c1ccc2[nH]c(=O)cc(C(=O)NCCc3ccc(C)cc3)c2c1. The first-order chi connectivity index (χ1) is 15.8. The Morgan fingerprint density at radius 1 is 1.06 bits per heavy atom. The molecule has 0 aliphatic rings. The molecule has 8 heteroatoms. The lowest BCUT2D eigenvalue weighted by Crippen LogP contribution is -2.32. The maximum Gasteiger partial charge on any atom is 0.252 e. The molecule has 176 valence electrons. The number of benzene rings is 2. The molecule has 3 aromatic rings. The number of carbonyl (C=O) groups excluding carboxylic acids is 1. The van der Waals surface area contributed by atoms with Crippen molar-refractivity contribution in [2.24, 2.45) is 0 Å². The Morgan fingerprint density at radius 3 is 2.45 bits per heavy atom. The van der Waals surface area contributed by atoms with E-state index < -0.39 is 21.5 Å². The van der Waals surface area contributed by atoms with Gasteiger partial charge in [0, 0.05) is 36.6 Å². The minimum absolute atomic E-state index is 0.105. The van der Waals surface area contributed by atoms with E-state index in [0.717, 1.165) is 18.4 Å². The van der Waals surface area contributed by atoms with Crippen LogP contribution in [0.2, 0.25) is 0 Å². The number of H-pyrrole nitrogens is 1. The van der Waals surface area contributed by atoms with Gasteiger partial charge in [-0.15, -0.1) is 0 Å². The van der Waals surface area contributed by atoms with Crippen LogP contribution in [0.4, 0.5) is 0 Å². The molecule has 2 N–H and O–H groups in total. The summed E-state index contributed by atoms with van der Waals surface area (Å²) in [6.45, 7) is 7.02. The fourth-order valence-corrected chi connectivity index (χ4v) is 5.20. The summed E-state index contributed by atoms with van der Waals surface area (Å²) in [6.07, 6.45) is 2.30. The van der Waals surface area contributed by atoms with Gasteiger partial charge in [0.15, 0.2) is 0 Å². The van der Waals surface area contributed by atoms with Gasteiger partial charge in [-0.2, -0.15) is 4.31 Å². The molecule has 0 aliphatic heterocycles. The molecule has 0 spiro atoms. The first-order valence-electron chi connectivity index (χ1n) is 11.3. The summed E-state index contributed by atoms with van der Waals surface area (Å²) >= 11 is 0. The number of aromatic nitrogens is 1. The fraction of sp³-hybridized carbons (Fsp3) is 0.360. The van der Waals surface area contributed by atoms with Crippen LogP contribution >= 0.6 is 0 Å². The molecule has 1 aromatic heterocycles. The quantitative estimate of drug-likeness (QED) is 0.474. The topological polar surface area (TPSA) is 99.3 Å². The number of pyridine rings is 1. The third-order valence-electron chi connectivity index (χ3n) is 5.63. The van der Waals surface area contributed by atoms with Crippen LogP contribution < -0.4 is 10.9 Å². The number of fused-ring (bicyclic) bond motifs is 1. The van der Waals surface area contributed by atoms with Gasteiger partial charge in [0.1, 0.15) is 0 Å². The third kappa shape index (κ3) is 5.89. The second kappa shape index (κ2) is 10.8. The van der Waals surface area contributed by atoms with Gasteiger partial charge < -0.3 is 10.3 Å². The lowest BCUT2D eigenvalue weighted by Gasteiger charge is -2.20. The number of hydrogen-bond acceptors (Lipinski definition) is 4. The minimum atomic E-state index is -3.71. The minimum Gasteiger partial charge on any atom is -0.352 e. The van der Waals surface area contributed by atoms with Gasteiger partial charge in [-0.05, 0) is 43.5 Å². The Balaban J connectivity index is 1.89. The smallest absolute Gasteiger partial charge is 0.252 e. The highest BCUT2D eigenvalue weighted by Gasteiger charge is 2.24. The summed E-state index contributed by atoms with van der Waals surface area (Å²) < 4.78 is 27.8. The molecule has 0 atom stereocenters. The van der Waals surface area contributed by atoms with Gasteiger partial charge in [-0.3, -0.25) is 9.59 Å². The molecule has 0 radical (unpaired) electrons. The number of hydrogen-bond donors (Lipinski definition) is 2. The van der Waals surface area contributed by atoms with Crippen molar-refractivity contribution in [3.8, 4) is 0 Å². The number of sulfonamides is 1. The number of rotatable bonds is 10. The van der Waals surface area contributed by atoms with Crippen molar-refractivity contribution in [3.63, 3.8) is 0 Å². The zero-order valence-electron chi connectivity index (χ0n) is 19.3. The first kappa shape index (κ1) is 24.7. The Kier molecular flexibility index (Phi) is 8.05. The van der Waals surface area contributed by atoms with E-state index >= 15 is 0 Å². The van der Waals surface area contributed by atoms with Gasteiger partial charge in [0.2, 0.25) is 15.6 Å². The van der Waals surface area contributed by atoms with Gasteiger partial charge in [0.25, 0.3) is 5.91 Å². The monoisotopic (exact) mass is 469 g/mol. The number of carbonyl (C=O) groups is 1. The highest BCUT2D eigenvalue weighted by molar-refractivity contribution is 7.89.